The summed E-state index contributed by atoms with van der Waals surface area (Å²) in [4.78, 5) is 0. The van der Waals surface area contributed by atoms with Gasteiger partial charge in [-0.25, -0.2) is 0 Å². The molecule has 0 saturated heterocycles. The van der Waals surface area contributed by atoms with Gasteiger partial charge in [0.2, 0.25) is 0 Å². The number of hydrogen-bond donors (Lipinski definition) is 1. The lowest BCUT2D eigenvalue weighted by atomic mass is 10.1. The molecule has 0 saturated carbocycles. The molecular weight excluding hydrogens is 234 g/mol. The average molecular weight is 254 g/mol. The Balaban J connectivity index is 2.41. The van der Waals surface area contributed by atoms with E-state index < -0.39 is 0 Å². The third-order valence-corrected chi connectivity index (χ3v) is 2.79. The van der Waals surface area contributed by atoms with Gasteiger partial charge in [0.15, 0.2) is 0 Å². The van der Waals surface area contributed by atoms with Crippen LogP contribution in [0.4, 0.5) is 0 Å². The van der Waals surface area contributed by atoms with Crippen molar-refractivity contribution in [1.82, 2.24) is 5.32 Å². The van der Waals surface area contributed by atoms with E-state index in [1.807, 2.05) is 19.2 Å². The van der Waals surface area contributed by atoms with Gasteiger partial charge in [0, 0.05) is 11.1 Å². The monoisotopic (exact) mass is 253 g/mol. The van der Waals surface area contributed by atoms with E-state index in [1.54, 1.807) is 0 Å². The highest BCUT2D eigenvalue weighted by Gasteiger charge is 2.00. The van der Waals surface area contributed by atoms with Crippen LogP contribution in [0.25, 0.3) is 0 Å². The van der Waals surface area contributed by atoms with E-state index in [-0.39, 0.29) is 0 Å². The summed E-state index contributed by atoms with van der Waals surface area (Å²) in [7, 11) is 1.99. The van der Waals surface area contributed by atoms with Crippen molar-refractivity contribution >= 4 is 11.6 Å². The number of benzene rings is 1. The molecule has 1 N–H and O–H groups in total. The molecule has 0 radical (unpaired) electrons. The number of halogens is 1. The van der Waals surface area contributed by atoms with E-state index in [4.69, 9.17) is 16.3 Å². The molecule has 1 unspecified atom stereocenters. The summed E-state index contributed by atoms with van der Waals surface area (Å²) in [5.74, 6) is 0.831. The molecule has 2 nitrogen and oxygen atoms in total. The van der Waals surface area contributed by atoms with Gasteiger partial charge in [-0.2, -0.15) is 0 Å². The predicted octanol–water partition coefficient (Wildman–Crippen LogP) is 3.36. The number of ether oxygens (including phenoxy) is 1. The summed E-state index contributed by atoms with van der Waals surface area (Å²) in [5, 5.41) is 3.74. The summed E-state index contributed by atoms with van der Waals surface area (Å²) in [5.41, 5.74) is 1.32. The fourth-order valence-corrected chi connectivity index (χ4v) is 1.50. The van der Waals surface area contributed by atoms with E-state index in [2.05, 4.69) is 31.0 Å². The Morgan fingerprint density at radius 2 is 2.06 bits per heavy atom. The number of hydrogen-bond acceptors (Lipinski definition) is 2. The number of nitrogens with one attached hydrogen (secondary N) is 1. The molecule has 17 heavy (non-hydrogen) atoms. The summed E-state index contributed by atoms with van der Waals surface area (Å²) in [6.07, 6.45) is 2.21. The Morgan fingerprint density at radius 3 is 2.59 bits per heavy atom. The maximum atomic E-state index is 5.63. The fraction of sp³-hybridized carbons (Fsp3) is 0.429. The van der Waals surface area contributed by atoms with Crippen molar-refractivity contribution in [2.75, 3.05) is 13.7 Å². The van der Waals surface area contributed by atoms with Gasteiger partial charge in [0.05, 0.1) is 0 Å². The lowest BCUT2D eigenvalue weighted by Crippen LogP contribution is -2.21. The van der Waals surface area contributed by atoms with E-state index >= 15 is 0 Å². The van der Waals surface area contributed by atoms with Gasteiger partial charge in [-0.3, -0.25) is 0 Å². The zero-order valence-electron chi connectivity index (χ0n) is 10.5. The first-order chi connectivity index (χ1) is 8.11. The van der Waals surface area contributed by atoms with Crippen LogP contribution < -0.4 is 10.1 Å². The fourth-order valence-electron chi connectivity index (χ4n) is 1.44. The lowest BCUT2D eigenvalue weighted by Gasteiger charge is -2.10. The van der Waals surface area contributed by atoms with Crippen molar-refractivity contribution in [3.63, 3.8) is 0 Å². The highest BCUT2D eigenvalue weighted by molar-refractivity contribution is 6.29. The number of rotatable bonds is 7. The third kappa shape index (κ3) is 5.76. The van der Waals surface area contributed by atoms with Crippen LogP contribution in [-0.4, -0.2) is 19.7 Å². The molecule has 0 fully saturated rings. The molecule has 1 aromatic carbocycles. The van der Waals surface area contributed by atoms with E-state index in [1.165, 1.54) is 5.56 Å². The van der Waals surface area contributed by atoms with Crippen LogP contribution in [0.5, 0.6) is 5.75 Å². The Hall–Kier alpha value is -0.990. The molecule has 1 rings (SSSR count). The zero-order valence-corrected chi connectivity index (χ0v) is 11.3. The smallest absolute Gasteiger partial charge is 0.123 e. The largest absolute Gasteiger partial charge is 0.488 e. The first-order valence-electron chi connectivity index (χ1n) is 5.84. The van der Waals surface area contributed by atoms with Gasteiger partial charge >= 0.3 is 0 Å². The Labute approximate surface area is 109 Å². The molecule has 0 aromatic heterocycles. The van der Waals surface area contributed by atoms with Gasteiger partial charge in [0.1, 0.15) is 12.4 Å². The van der Waals surface area contributed by atoms with Crippen LogP contribution in [0.2, 0.25) is 0 Å². The van der Waals surface area contributed by atoms with Crippen molar-refractivity contribution in [2.24, 2.45) is 0 Å². The zero-order chi connectivity index (χ0) is 12.7. The highest BCUT2D eigenvalue weighted by Crippen LogP contribution is 2.15. The first-order valence-corrected chi connectivity index (χ1v) is 6.22. The molecule has 1 atom stereocenters. The molecule has 0 aliphatic rings. The van der Waals surface area contributed by atoms with Gasteiger partial charge in [-0.1, -0.05) is 30.3 Å². The van der Waals surface area contributed by atoms with E-state index in [9.17, 15) is 0 Å². The van der Waals surface area contributed by atoms with Gasteiger partial charge in [0.25, 0.3) is 0 Å². The van der Waals surface area contributed by atoms with Crippen LogP contribution in [-0.2, 0) is 6.42 Å². The van der Waals surface area contributed by atoms with Gasteiger partial charge in [-0.05, 0) is 44.5 Å². The van der Waals surface area contributed by atoms with E-state index in [0.29, 0.717) is 17.7 Å². The molecule has 0 heterocycles. The second-order valence-corrected chi connectivity index (χ2v) is 4.71. The van der Waals surface area contributed by atoms with Crippen LogP contribution in [0.15, 0.2) is 35.9 Å². The molecule has 1 aromatic rings. The van der Waals surface area contributed by atoms with Crippen molar-refractivity contribution in [3.8, 4) is 5.75 Å². The van der Waals surface area contributed by atoms with Crippen molar-refractivity contribution in [3.05, 3.63) is 41.4 Å². The minimum absolute atomic E-state index is 0.359. The first kappa shape index (κ1) is 14.1. The van der Waals surface area contributed by atoms with Crippen molar-refractivity contribution < 1.29 is 4.74 Å². The minimum atomic E-state index is 0.359. The molecular formula is C14H20ClNO. The SMILES string of the molecule is C=C(Cl)COc1ccc(CCC(C)NC)cc1. The standard InChI is InChI=1S/C14H20ClNO/c1-11(15)10-17-14-8-6-13(7-9-14)5-4-12(2)16-3/h6-9,12,16H,1,4-5,10H2,2-3H3. The summed E-state index contributed by atoms with van der Waals surface area (Å²) < 4.78 is 5.43. The van der Waals surface area contributed by atoms with Crippen LogP contribution in [0.3, 0.4) is 0 Å². The lowest BCUT2D eigenvalue weighted by molar-refractivity contribution is 0.359. The minimum Gasteiger partial charge on any atom is -0.488 e. The summed E-state index contributed by atoms with van der Waals surface area (Å²) in [6.45, 7) is 6.12. The van der Waals surface area contributed by atoms with Crippen LogP contribution in [0.1, 0.15) is 18.9 Å². The van der Waals surface area contributed by atoms with Gasteiger partial charge in [-0.15, -0.1) is 0 Å². The third-order valence-electron chi connectivity index (χ3n) is 2.68. The number of aryl methyl sites for hydroxylation is 1. The van der Waals surface area contributed by atoms with Crippen molar-refractivity contribution in [1.29, 1.82) is 0 Å². The predicted molar refractivity (Wildman–Crippen MR) is 73.8 cm³/mol. The maximum Gasteiger partial charge on any atom is 0.123 e. The topological polar surface area (TPSA) is 21.3 Å². The second-order valence-electron chi connectivity index (χ2n) is 4.18. The van der Waals surface area contributed by atoms with Gasteiger partial charge < -0.3 is 10.1 Å². The Bertz CT molecular complexity index is 348. The normalized spacial score (nSPS) is 12.2. The molecule has 3 heteroatoms. The average Bonchev–Trinajstić information content (AvgIpc) is 2.34. The molecule has 0 bridgehead atoms. The Kier molecular flexibility index (Phi) is 6.09. The van der Waals surface area contributed by atoms with Crippen molar-refractivity contribution in [2.45, 2.75) is 25.8 Å². The summed E-state index contributed by atoms with van der Waals surface area (Å²) >= 11 is 5.63. The second kappa shape index (κ2) is 7.36. The molecule has 94 valence electrons. The maximum absolute atomic E-state index is 5.63. The quantitative estimate of drug-likeness (QED) is 0.805. The molecule has 0 aliphatic carbocycles. The molecule has 0 amide bonds. The molecule has 0 spiro atoms. The van der Waals surface area contributed by atoms with Crippen LogP contribution >= 0.6 is 11.6 Å². The Morgan fingerprint density at radius 1 is 1.41 bits per heavy atom. The highest BCUT2D eigenvalue weighted by atomic mass is 35.5. The summed E-state index contributed by atoms with van der Waals surface area (Å²) in [6, 6.07) is 8.67. The molecule has 0 aliphatic heterocycles. The van der Waals surface area contributed by atoms with E-state index in [0.717, 1.165) is 18.6 Å². The van der Waals surface area contributed by atoms with Crippen LogP contribution in [0, 0.1) is 0 Å².